The Kier molecular flexibility index (Phi) is 4.83. The first-order valence-corrected chi connectivity index (χ1v) is 6.86. The van der Waals surface area contributed by atoms with E-state index in [0.717, 1.165) is 10.7 Å². The fourth-order valence-corrected chi connectivity index (χ4v) is 2.35. The first-order valence-electron chi connectivity index (χ1n) is 6.48. The van der Waals surface area contributed by atoms with Gasteiger partial charge in [0.05, 0.1) is 10.7 Å². The summed E-state index contributed by atoms with van der Waals surface area (Å²) in [6, 6.07) is 18.3. The van der Waals surface area contributed by atoms with Crippen molar-refractivity contribution in [1.82, 2.24) is 0 Å². The molecule has 0 spiro atoms. The molecule has 100 valence electrons. The van der Waals surface area contributed by atoms with Crippen molar-refractivity contribution >= 4 is 17.3 Å². The molecule has 0 saturated heterocycles. The van der Waals surface area contributed by atoms with Crippen molar-refractivity contribution < 1.29 is 0 Å². The van der Waals surface area contributed by atoms with Crippen molar-refractivity contribution in [3.05, 3.63) is 65.2 Å². The molecular formula is C16H19ClN2. The summed E-state index contributed by atoms with van der Waals surface area (Å²) in [6.45, 7) is 2.73. The van der Waals surface area contributed by atoms with E-state index in [9.17, 15) is 0 Å². The topological polar surface area (TPSA) is 38.0 Å². The van der Waals surface area contributed by atoms with E-state index in [1.807, 2.05) is 30.3 Å². The lowest BCUT2D eigenvalue weighted by molar-refractivity contribution is 0.611. The van der Waals surface area contributed by atoms with E-state index >= 15 is 0 Å². The highest BCUT2D eigenvalue weighted by atomic mass is 35.5. The average Bonchev–Trinajstić information content (AvgIpc) is 2.47. The van der Waals surface area contributed by atoms with E-state index in [1.54, 1.807) is 0 Å². The molecule has 0 aliphatic heterocycles. The molecule has 2 rings (SSSR count). The van der Waals surface area contributed by atoms with Crippen LogP contribution in [0.1, 0.15) is 18.4 Å². The van der Waals surface area contributed by atoms with Gasteiger partial charge in [-0.1, -0.05) is 61.0 Å². The molecule has 2 atom stereocenters. The highest BCUT2D eigenvalue weighted by molar-refractivity contribution is 6.33. The summed E-state index contributed by atoms with van der Waals surface area (Å²) in [5, 5.41) is 4.16. The number of nitrogens with one attached hydrogen (secondary N) is 1. The zero-order valence-corrected chi connectivity index (χ0v) is 11.8. The number of anilines is 1. The Morgan fingerprint density at radius 3 is 2.32 bits per heavy atom. The summed E-state index contributed by atoms with van der Waals surface area (Å²) < 4.78 is 0. The highest BCUT2D eigenvalue weighted by Crippen LogP contribution is 2.26. The number of benzene rings is 2. The van der Waals surface area contributed by atoms with E-state index in [1.165, 1.54) is 5.56 Å². The number of hydrogen-bond acceptors (Lipinski definition) is 2. The molecule has 0 aliphatic carbocycles. The SMILES string of the molecule is CC(c1ccccc1)C(CN)Nc1ccccc1Cl. The lowest BCUT2D eigenvalue weighted by atomic mass is 9.93. The van der Waals surface area contributed by atoms with Crippen LogP contribution < -0.4 is 11.1 Å². The summed E-state index contributed by atoms with van der Waals surface area (Å²) in [4.78, 5) is 0. The molecule has 2 unspecified atom stereocenters. The quantitative estimate of drug-likeness (QED) is 0.868. The summed E-state index contributed by atoms with van der Waals surface area (Å²) in [5.41, 5.74) is 8.11. The van der Waals surface area contributed by atoms with Crippen molar-refractivity contribution in [2.45, 2.75) is 18.9 Å². The zero-order valence-electron chi connectivity index (χ0n) is 11.0. The van der Waals surface area contributed by atoms with Gasteiger partial charge in [-0.15, -0.1) is 0 Å². The minimum absolute atomic E-state index is 0.155. The fraction of sp³-hybridized carbons (Fsp3) is 0.250. The number of para-hydroxylation sites is 1. The Morgan fingerprint density at radius 2 is 1.68 bits per heavy atom. The Morgan fingerprint density at radius 1 is 1.05 bits per heavy atom. The van der Waals surface area contributed by atoms with Gasteiger partial charge in [0, 0.05) is 18.5 Å². The summed E-state index contributed by atoms with van der Waals surface area (Å²) in [7, 11) is 0. The molecule has 2 aromatic carbocycles. The molecule has 0 heterocycles. The summed E-state index contributed by atoms with van der Waals surface area (Å²) >= 11 is 6.17. The van der Waals surface area contributed by atoms with Crippen LogP contribution in [0.15, 0.2) is 54.6 Å². The molecule has 3 N–H and O–H groups in total. The van der Waals surface area contributed by atoms with Crippen LogP contribution in [0.4, 0.5) is 5.69 Å². The van der Waals surface area contributed by atoms with Gasteiger partial charge in [0.25, 0.3) is 0 Å². The van der Waals surface area contributed by atoms with Gasteiger partial charge in [-0.3, -0.25) is 0 Å². The zero-order chi connectivity index (χ0) is 13.7. The van der Waals surface area contributed by atoms with E-state index in [4.69, 9.17) is 17.3 Å². The highest BCUT2D eigenvalue weighted by Gasteiger charge is 2.17. The van der Waals surface area contributed by atoms with Gasteiger partial charge >= 0.3 is 0 Å². The van der Waals surface area contributed by atoms with Gasteiger partial charge in [0.15, 0.2) is 0 Å². The number of rotatable bonds is 5. The van der Waals surface area contributed by atoms with E-state index in [0.29, 0.717) is 12.5 Å². The molecule has 0 bridgehead atoms. The molecule has 2 aromatic rings. The van der Waals surface area contributed by atoms with E-state index in [2.05, 4.69) is 36.5 Å². The van der Waals surface area contributed by atoms with Crippen molar-refractivity contribution in [2.75, 3.05) is 11.9 Å². The van der Waals surface area contributed by atoms with Crippen LogP contribution in [0, 0.1) is 0 Å². The monoisotopic (exact) mass is 274 g/mol. The maximum atomic E-state index is 6.17. The van der Waals surface area contributed by atoms with Gasteiger partial charge in [-0.25, -0.2) is 0 Å². The molecule has 0 amide bonds. The number of halogens is 1. The van der Waals surface area contributed by atoms with Crippen molar-refractivity contribution in [1.29, 1.82) is 0 Å². The van der Waals surface area contributed by atoms with Gasteiger partial charge in [-0.2, -0.15) is 0 Å². The maximum absolute atomic E-state index is 6.17. The van der Waals surface area contributed by atoms with Gasteiger partial charge in [-0.05, 0) is 17.7 Å². The Hall–Kier alpha value is -1.51. The largest absolute Gasteiger partial charge is 0.379 e. The Bertz CT molecular complexity index is 513. The minimum atomic E-state index is 0.155. The van der Waals surface area contributed by atoms with Crippen LogP contribution in [0.2, 0.25) is 5.02 Å². The third-order valence-electron chi connectivity index (χ3n) is 3.40. The summed E-state index contributed by atoms with van der Waals surface area (Å²) in [5.74, 6) is 0.322. The van der Waals surface area contributed by atoms with Gasteiger partial charge in [0.2, 0.25) is 0 Å². The molecule has 0 aromatic heterocycles. The van der Waals surface area contributed by atoms with Crippen LogP contribution in [-0.4, -0.2) is 12.6 Å². The third-order valence-corrected chi connectivity index (χ3v) is 3.73. The second-order valence-corrected chi connectivity index (χ2v) is 5.07. The molecule has 0 fully saturated rings. The predicted molar refractivity (Wildman–Crippen MR) is 82.8 cm³/mol. The second kappa shape index (κ2) is 6.60. The Labute approximate surface area is 119 Å². The number of nitrogens with two attached hydrogens (primary N) is 1. The first kappa shape index (κ1) is 13.9. The van der Waals surface area contributed by atoms with Crippen molar-refractivity contribution in [3.63, 3.8) is 0 Å². The smallest absolute Gasteiger partial charge is 0.0637 e. The predicted octanol–water partition coefficient (Wildman–Crippen LogP) is 3.88. The molecule has 0 aliphatic rings. The molecular weight excluding hydrogens is 256 g/mol. The average molecular weight is 275 g/mol. The van der Waals surface area contributed by atoms with Crippen LogP contribution in [0.25, 0.3) is 0 Å². The van der Waals surface area contributed by atoms with Crippen molar-refractivity contribution in [3.8, 4) is 0 Å². The lowest BCUT2D eigenvalue weighted by Gasteiger charge is -2.25. The summed E-state index contributed by atoms with van der Waals surface area (Å²) in [6.07, 6.45) is 0. The van der Waals surface area contributed by atoms with Crippen LogP contribution >= 0.6 is 11.6 Å². The second-order valence-electron chi connectivity index (χ2n) is 4.67. The van der Waals surface area contributed by atoms with Gasteiger partial charge in [0.1, 0.15) is 0 Å². The van der Waals surface area contributed by atoms with Gasteiger partial charge < -0.3 is 11.1 Å². The standard InChI is InChI=1S/C16H19ClN2/c1-12(13-7-3-2-4-8-13)16(11-18)19-15-10-6-5-9-14(15)17/h2-10,12,16,19H,11,18H2,1H3. The molecule has 0 radical (unpaired) electrons. The van der Waals surface area contributed by atoms with Crippen LogP contribution in [-0.2, 0) is 0 Å². The molecule has 2 nitrogen and oxygen atoms in total. The molecule has 3 heteroatoms. The Balaban J connectivity index is 2.15. The molecule has 19 heavy (non-hydrogen) atoms. The van der Waals surface area contributed by atoms with E-state index < -0.39 is 0 Å². The number of hydrogen-bond donors (Lipinski definition) is 2. The minimum Gasteiger partial charge on any atom is -0.379 e. The molecule has 0 saturated carbocycles. The third kappa shape index (κ3) is 3.49. The van der Waals surface area contributed by atoms with E-state index in [-0.39, 0.29) is 6.04 Å². The maximum Gasteiger partial charge on any atom is 0.0637 e. The van der Waals surface area contributed by atoms with Crippen LogP contribution in [0.3, 0.4) is 0 Å². The van der Waals surface area contributed by atoms with Crippen molar-refractivity contribution in [2.24, 2.45) is 5.73 Å². The normalized spacial score (nSPS) is 13.8. The lowest BCUT2D eigenvalue weighted by Crippen LogP contribution is -2.33. The van der Waals surface area contributed by atoms with Crippen LogP contribution in [0.5, 0.6) is 0 Å². The fourth-order valence-electron chi connectivity index (χ4n) is 2.15. The first-order chi connectivity index (χ1) is 9.22.